The molecule has 98 valence electrons. The summed E-state index contributed by atoms with van der Waals surface area (Å²) in [6.07, 6.45) is 5.04. The van der Waals surface area contributed by atoms with Gasteiger partial charge in [-0.25, -0.2) is 0 Å². The van der Waals surface area contributed by atoms with Crippen LogP contribution in [0.25, 0.3) is 0 Å². The third-order valence-electron chi connectivity index (χ3n) is 4.79. The molecule has 0 bridgehead atoms. The fourth-order valence-corrected chi connectivity index (χ4v) is 3.60. The van der Waals surface area contributed by atoms with Gasteiger partial charge in [0.05, 0.1) is 0 Å². The molecule has 0 radical (unpaired) electrons. The number of likely N-dealkylation sites (tertiary alicyclic amines) is 1. The van der Waals surface area contributed by atoms with Gasteiger partial charge in [-0.3, -0.25) is 0 Å². The van der Waals surface area contributed by atoms with Crippen molar-refractivity contribution in [1.29, 1.82) is 0 Å². The van der Waals surface area contributed by atoms with Crippen molar-refractivity contribution >= 4 is 0 Å². The molecule has 0 unspecified atom stereocenters. The number of aliphatic hydroxyl groups is 1. The lowest BCUT2D eigenvalue weighted by Gasteiger charge is -2.44. The van der Waals surface area contributed by atoms with E-state index < -0.39 is 0 Å². The van der Waals surface area contributed by atoms with E-state index in [1.165, 1.54) is 44.3 Å². The molecule has 1 saturated carbocycles. The first-order chi connectivity index (χ1) is 8.81. The molecule has 1 aromatic carbocycles. The summed E-state index contributed by atoms with van der Waals surface area (Å²) in [5.74, 6) is 0.711. The van der Waals surface area contributed by atoms with Crippen LogP contribution in [-0.2, 0) is 0 Å². The fraction of sp³-hybridized carbons (Fsp3) is 0.625. The summed E-state index contributed by atoms with van der Waals surface area (Å²) in [4.78, 5) is 2.53. The predicted octanol–water partition coefficient (Wildman–Crippen LogP) is 2.64. The molecule has 0 amide bonds. The Bertz CT molecular complexity index is 377. The van der Waals surface area contributed by atoms with Gasteiger partial charge in [0.25, 0.3) is 0 Å². The van der Waals surface area contributed by atoms with Crippen LogP contribution in [0.3, 0.4) is 0 Å². The van der Waals surface area contributed by atoms with Gasteiger partial charge in [0.15, 0.2) is 0 Å². The number of rotatable bonds is 4. The average molecular weight is 245 g/mol. The molecular formula is C16H23NO. The molecule has 0 aromatic heterocycles. The van der Waals surface area contributed by atoms with Gasteiger partial charge >= 0.3 is 0 Å². The lowest BCUT2D eigenvalue weighted by atomic mass is 9.83. The SMILES string of the molecule is OCC1(CN2CC(c3ccccc3)C2)CCCC1. The quantitative estimate of drug-likeness (QED) is 0.881. The van der Waals surface area contributed by atoms with Crippen LogP contribution in [0.5, 0.6) is 0 Å². The Kier molecular flexibility index (Phi) is 3.40. The predicted molar refractivity (Wildman–Crippen MR) is 73.6 cm³/mol. The van der Waals surface area contributed by atoms with E-state index in [1.54, 1.807) is 0 Å². The van der Waals surface area contributed by atoms with E-state index in [4.69, 9.17) is 0 Å². The van der Waals surface area contributed by atoms with Gasteiger partial charge in [-0.1, -0.05) is 43.2 Å². The second-order valence-electron chi connectivity index (χ2n) is 6.17. The Morgan fingerprint density at radius 1 is 1.11 bits per heavy atom. The van der Waals surface area contributed by atoms with Crippen molar-refractivity contribution in [2.75, 3.05) is 26.2 Å². The maximum absolute atomic E-state index is 9.64. The van der Waals surface area contributed by atoms with Gasteiger partial charge in [0, 0.05) is 37.6 Å². The van der Waals surface area contributed by atoms with Crippen LogP contribution in [0.2, 0.25) is 0 Å². The van der Waals surface area contributed by atoms with Crippen molar-refractivity contribution in [1.82, 2.24) is 4.90 Å². The molecule has 0 atom stereocenters. The minimum atomic E-state index is 0.224. The molecule has 2 fully saturated rings. The van der Waals surface area contributed by atoms with Crippen molar-refractivity contribution in [2.24, 2.45) is 5.41 Å². The molecule has 0 spiro atoms. The topological polar surface area (TPSA) is 23.5 Å². The second kappa shape index (κ2) is 5.02. The van der Waals surface area contributed by atoms with Gasteiger partial charge in [-0.15, -0.1) is 0 Å². The lowest BCUT2D eigenvalue weighted by molar-refractivity contribution is 0.0395. The molecule has 18 heavy (non-hydrogen) atoms. The summed E-state index contributed by atoms with van der Waals surface area (Å²) in [7, 11) is 0. The summed E-state index contributed by atoms with van der Waals surface area (Å²) in [6.45, 7) is 3.82. The Morgan fingerprint density at radius 3 is 2.39 bits per heavy atom. The minimum Gasteiger partial charge on any atom is -0.396 e. The Labute approximate surface area is 110 Å². The van der Waals surface area contributed by atoms with E-state index in [-0.39, 0.29) is 5.41 Å². The number of benzene rings is 1. The Balaban J connectivity index is 1.53. The highest BCUT2D eigenvalue weighted by atomic mass is 16.3. The standard InChI is InChI=1S/C16H23NO/c18-13-16(8-4-5-9-16)12-17-10-15(11-17)14-6-2-1-3-7-14/h1-3,6-7,15,18H,4-5,8-13H2. The molecule has 1 aliphatic carbocycles. The van der Waals surface area contributed by atoms with E-state index in [2.05, 4.69) is 35.2 Å². The van der Waals surface area contributed by atoms with Crippen molar-refractivity contribution < 1.29 is 5.11 Å². The normalized spacial score (nSPS) is 24.1. The third-order valence-corrected chi connectivity index (χ3v) is 4.79. The number of aliphatic hydroxyl groups excluding tert-OH is 1. The molecular weight excluding hydrogens is 222 g/mol. The van der Waals surface area contributed by atoms with Crippen LogP contribution in [0.4, 0.5) is 0 Å². The molecule has 1 aromatic rings. The summed E-state index contributed by atoms with van der Waals surface area (Å²) in [5, 5.41) is 9.64. The smallest absolute Gasteiger partial charge is 0.0499 e. The van der Waals surface area contributed by atoms with Crippen LogP contribution in [0.15, 0.2) is 30.3 Å². The van der Waals surface area contributed by atoms with Crippen LogP contribution >= 0.6 is 0 Å². The van der Waals surface area contributed by atoms with E-state index in [0.29, 0.717) is 12.5 Å². The van der Waals surface area contributed by atoms with Gasteiger partial charge in [-0.05, 0) is 18.4 Å². The van der Waals surface area contributed by atoms with E-state index in [1.807, 2.05) is 0 Å². The maximum Gasteiger partial charge on any atom is 0.0499 e. The minimum absolute atomic E-state index is 0.224. The van der Waals surface area contributed by atoms with Crippen LogP contribution < -0.4 is 0 Å². The van der Waals surface area contributed by atoms with E-state index >= 15 is 0 Å². The number of hydrogen-bond donors (Lipinski definition) is 1. The summed E-state index contributed by atoms with van der Waals surface area (Å²) in [6, 6.07) is 10.8. The zero-order chi connectivity index (χ0) is 12.4. The first kappa shape index (κ1) is 12.2. The molecule has 3 rings (SSSR count). The van der Waals surface area contributed by atoms with Crippen LogP contribution in [0, 0.1) is 5.41 Å². The molecule has 1 aliphatic heterocycles. The molecule has 1 saturated heterocycles. The average Bonchev–Trinajstić information content (AvgIpc) is 2.84. The monoisotopic (exact) mass is 245 g/mol. The lowest BCUT2D eigenvalue weighted by Crippen LogP contribution is -2.50. The molecule has 1 heterocycles. The molecule has 2 aliphatic rings. The first-order valence-electron chi connectivity index (χ1n) is 7.19. The maximum atomic E-state index is 9.64. The fourth-order valence-electron chi connectivity index (χ4n) is 3.60. The Morgan fingerprint density at radius 2 is 1.78 bits per heavy atom. The zero-order valence-electron chi connectivity index (χ0n) is 11.0. The third kappa shape index (κ3) is 2.32. The highest BCUT2D eigenvalue weighted by Gasteiger charge is 2.38. The van der Waals surface area contributed by atoms with E-state index in [9.17, 15) is 5.11 Å². The summed E-state index contributed by atoms with van der Waals surface area (Å²) < 4.78 is 0. The highest BCUT2D eigenvalue weighted by molar-refractivity contribution is 5.22. The zero-order valence-corrected chi connectivity index (χ0v) is 11.0. The van der Waals surface area contributed by atoms with Crippen LogP contribution in [-0.4, -0.2) is 36.2 Å². The van der Waals surface area contributed by atoms with Gasteiger partial charge in [-0.2, -0.15) is 0 Å². The number of nitrogens with zero attached hydrogens (tertiary/aromatic N) is 1. The van der Waals surface area contributed by atoms with Crippen molar-refractivity contribution in [3.05, 3.63) is 35.9 Å². The second-order valence-corrected chi connectivity index (χ2v) is 6.17. The highest BCUT2D eigenvalue weighted by Crippen LogP contribution is 2.40. The molecule has 2 heteroatoms. The summed E-state index contributed by atoms with van der Waals surface area (Å²) >= 11 is 0. The molecule has 1 N–H and O–H groups in total. The van der Waals surface area contributed by atoms with Crippen molar-refractivity contribution in [2.45, 2.75) is 31.6 Å². The summed E-state index contributed by atoms with van der Waals surface area (Å²) in [5.41, 5.74) is 1.69. The van der Waals surface area contributed by atoms with Gasteiger partial charge in [0.1, 0.15) is 0 Å². The molecule has 2 nitrogen and oxygen atoms in total. The first-order valence-corrected chi connectivity index (χ1v) is 7.19. The van der Waals surface area contributed by atoms with Crippen molar-refractivity contribution in [3.63, 3.8) is 0 Å². The largest absolute Gasteiger partial charge is 0.396 e. The Hall–Kier alpha value is -0.860. The van der Waals surface area contributed by atoms with Gasteiger partial charge in [0.2, 0.25) is 0 Å². The van der Waals surface area contributed by atoms with E-state index in [0.717, 1.165) is 6.54 Å². The number of hydrogen-bond acceptors (Lipinski definition) is 2. The van der Waals surface area contributed by atoms with Crippen molar-refractivity contribution in [3.8, 4) is 0 Å². The van der Waals surface area contributed by atoms with Gasteiger partial charge < -0.3 is 10.0 Å². The van der Waals surface area contributed by atoms with Crippen LogP contribution in [0.1, 0.15) is 37.2 Å².